The third kappa shape index (κ3) is 2.46. The number of benzene rings is 1. The Hall–Kier alpha value is -1.74. The normalized spacial score (nSPS) is 17.1. The maximum absolute atomic E-state index is 13.2. The van der Waals surface area contributed by atoms with Crippen molar-refractivity contribution in [1.82, 2.24) is 0 Å². The van der Waals surface area contributed by atoms with E-state index < -0.39 is 12.0 Å². The Morgan fingerprint density at radius 1 is 1.35 bits per heavy atom. The fourth-order valence-electron chi connectivity index (χ4n) is 3.03. The average Bonchev–Trinajstić information content (AvgIpc) is 2.87. The van der Waals surface area contributed by atoms with Crippen molar-refractivity contribution in [2.45, 2.75) is 44.6 Å². The first-order valence-electron chi connectivity index (χ1n) is 6.60. The summed E-state index contributed by atoms with van der Waals surface area (Å²) in [7, 11) is 1.37. The summed E-state index contributed by atoms with van der Waals surface area (Å²) < 4.78 is 31.6. The second kappa shape index (κ2) is 5.71. The number of isocyanates is 1. The van der Waals surface area contributed by atoms with Crippen LogP contribution in [0.4, 0.5) is 8.78 Å². The van der Waals surface area contributed by atoms with Crippen LogP contribution in [0.1, 0.15) is 48.8 Å². The molecular formula is C15H17F2NO2. The summed E-state index contributed by atoms with van der Waals surface area (Å²) in [6, 6.07) is 3.21. The molecule has 0 N–H and O–H groups in total. The molecule has 3 nitrogen and oxygen atoms in total. The van der Waals surface area contributed by atoms with Crippen LogP contribution in [-0.2, 0) is 10.3 Å². The molecule has 0 unspecified atom stereocenters. The summed E-state index contributed by atoms with van der Waals surface area (Å²) in [5.74, 6) is 0.145. The van der Waals surface area contributed by atoms with Crippen LogP contribution in [0, 0.1) is 6.92 Å². The topological polar surface area (TPSA) is 38.7 Å². The van der Waals surface area contributed by atoms with Crippen molar-refractivity contribution in [3.05, 3.63) is 28.8 Å². The number of aliphatic imine (C=N–C) groups is 1. The highest BCUT2D eigenvalue weighted by Gasteiger charge is 2.39. The Kier molecular flexibility index (Phi) is 4.19. The fourth-order valence-corrected chi connectivity index (χ4v) is 3.03. The lowest BCUT2D eigenvalue weighted by molar-refractivity contribution is 0.146. The molecule has 1 aliphatic carbocycles. The zero-order chi connectivity index (χ0) is 14.8. The number of hydrogen-bond acceptors (Lipinski definition) is 3. The molecule has 1 saturated carbocycles. The third-order valence-electron chi connectivity index (χ3n) is 3.89. The molecule has 108 valence electrons. The van der Waals surface area contributed by atoms with Gasteiger partial charge in [0.25, 0.3) is 6.43 Å². The molecule has 0 bridgehead atoms. The van der Waals surface area contributed by atoms with E-state index in [0.717, 1.165) is 12.8 Å². The highest BCUT2D eigenvalue weighted by molar-refractivity contribution is 5.51. The first-order chi connectivity index (χ1) is 9.54. The third-order valence-corrected chi connectivity index (χ3v) is 3.89. The summed E-state index contributed by atoms with van der Waals surface area (Å²) in [6.07, 6.45) is 2.11. The molecule has 20 heavy (non-hydrogen) atoms. The molecule has 0 amide bonds. The molecule has 2 rings (SSSR count). The number of aryl methyl sites for hydroxylation is 1. The van der Waals surface area contributed by atoms with Gasteiger partial charge in [-0.25, -0.2) is 13.6 Å². The molecule has 1 aromatic carbocycles. The zero-order valence-electron chi connectivity index (χ0n) is 11.6. The molecule has 0 atom stereocenters. The number of carbonyl (C=O) groups excluding carboxylic acids is 1. The van der Waals surface area contributed by atoms with Gasteiger partial charge in [0.05, 0.1) is 12.7 Å². The monoisotopic (exact) mass is 281 g/mol. The average molecular weight is 281 g/mol. The van der Waals surface area contributed by atoms with Gasteiger partial charge < -0.3 is 4.74 Å². The first kappa shape index (κ1) is 14.7. The summed E-state index contributed by atoms with van der Waals surface area (Å²) in [5, 5.41) is 0. The van der Waals surface area contributed by atoms with Crippen molar-refractivity contribution in [3.8, 4) is 5.75 Å². The van der Waals surface area contributed by atoms with Gasteiger partial charge in [0.2, 0.25) is 6.08 Å². The Bertz CT molecular complexity index is 545. The Labute approximate surface area is 116 Å². The van der Waals surface area contributed by atoms with E-state index in [1.807, 2.05) is 0 Å². The summed E-state index contributed by atoms with van der Waals surface area (Å²) in [4.78, 5) is 14.7. The molecule has 0 saturated heterocycles. The van der Waals surface area contributed by atoms with Gasteiger partial charge in [-0.1, -0.05) is 18.4 Å². The lowest BCUT2D eigenvalue weighted by Gasteiger charge is -2.27. The van der Waals surface area contributed by atoms with Crippen molar-refractivity contribution in [1.29, 1.82) is 0 Å². The van der Waals surface area contributed by atoms with Crippen LogP contribution in [0.3, 0.4) is 0 Å². The van der Waals surface area contributed by atoms with E-state index >= 15 is 0 Å². The standard InChI is InChI=1S/C15H17F2NO2/c1-10-7-11(14(16)17)13(20-2)12(8-10)15(18-9-19)5-3-4-6-15/h7-8,14H,3-6H2,1-2H3. The summed E-state index contributed by atoms with van der Waals surface area (Å²) in [5.41, 5.74) is 0.387. The van der Waals surface area contributed by atoms with Crippen molar-refractivity contribution >= 4 is 6.08 Å². The van der Waals surface area contributed by atoms with Gasteiger partial charge in [-0.15, -0.1) is 0 Å². The van der Waals surface area contributed by atoms with Crippen molar-refractivity contribution in [2.75, 3.05) is 7.11 Å². The van der Waals surface area contributed by atoms with Crippen LogP contribution < -0.4 is 4.74 Å². The van der Waals surface area contributed by atoms with E-state index in [1.54, 1.807) is 19.1 Å². The van der Waals surface area contributed by atoms with Crippen molar-refractivity contribution in [2.24, 2.45) is 4.99 Å². The quantitative estimate of drug-likeness (QED) is 0.617. The minimum atomic E-state index is -2.62. The number of hydrogen-bond donors (Lipinski definition) is 0. The van der Waals surface area contributed by atoms with Crippen LogP contribution >= 0.6 is 0 Å². The Balaban J connectivity index is 2.68. The second-order valence-corrected chi connectivity index (χ2v) is 5.18. The maximum atomic E-state index is 13.2. The molecule has 0 aromatic heterocycles. The van der Waals surface area contributed by atoms with Crippen molar-refractivity contribution in [3.63, 3.8) is 0 Å². The van der Waals surface area contributed by atoms with Crippen LogP contribution in [0.5, 0.6) is 5.75 Å². The number of halogens is 2. The van der Waals surface area contributed by atoms with Crippen LogP contribution in [-0.4, -0.2) is 13.2 Å². The summed E-state index contributed by atoms with van der Waals surface area (Å²) >= 11 is 0. The number of methoxy groups -OCH3 is 1. The zero-order valence-corrected chi connectivity index (χ0v) is 11.6. The maximum Gasteiger partial charge on any atom is 0.267 e. The van der Waals surface area contributed by atoms with Gasteiger partial charge >= 0.3 is 0 Å². The van der Waals surface area contributed by atoms with Crippen molar-refractivity contribution < 1.29 is 18.3 Å². The van der Waals surface area contributed by atoms with Gasteiger partial charge in [0, 0.05) is 5.56 Å². The van der Waals surface area contributed by atoms with E-state index in [0.29, 0.717) is 24.0 Å². The highest BCUT2D eigenvalue weighted by Crippen LogP contribution is 2.48. The molecular weight excluding hydrogens is 264 g/mol. The minimum absolute atomic E-state index is 0.144. The number of nitrogens with zero attached hydrogens (tertiary/aromatic N) is 1. The largest absolute Gasteiger partial charge is 0.496 e. The highest BCUT2D eigenvalue weighted by atomic mass is 19.3. The van der Waals surface area contributed by atoms with Gasteiger partial charge in [0.15, 0.2) is 0 Å². The number of rotatable bonds is 4. The number of ether oxygens (including phenoxy) is 1. The minimum Gasteiger partial charge on any atom is -0.496 e. The van der Waals surface area contributed by atoms with Crippen LogP contribution in [0.15, 0.2) is 17.1 Å². The lowest BCUT2D eigenvalue weighted by atomic mass is 9.85. The van der Waals surface area contributed by atoms with E-state index in [4.69, 9.17) is 4.74 Å². The summed E-state index contributed by atoms with van der Waals surface area (Å²) in [6.45, 7) is 1.75. The predicted octanol–water partition coefficient (Wildman–Crippen LogP) is 4.05. The van der Waals surface area contributed by atoms with Gasteiger partial charge in [-0.05, 0) is 31.9 Å². The fraction of sp³-hybridized carbons (Fsp3) is 0.533. The van der Waals surface area contributed by atoms with E-state index in [9.17, 15) is 13.6 Å². The van der Waals surface area contributed by atoms with Crippen LogP contribution in [0.2, 0.25) is 0 Å². The SMILES string of the molecule is COc1c(C(F)F)cc(C)cc1C1(N=C=O)CCCC1. The smallest absolute Gasteiger partial charge is 0.267 e. The van der Waals surface area contributed by atoms with E-state index in [2.05, 4.69) is 4.99 Å². The first-order valence-corrected chi connectivity index (χ1v) is 6.60. The molecule has 1 aromatic rings. The predicted molar refractivity (Wildman–Crippen MR) is 71.0 cm³/mol. The lowest BCUT2D eigenvalue weighted by Crippen LogP contribution is -2.21. The van der Waals surface area contributed by atoms with Gasteiger partial charge in [0.1, 0.15) is 11.3 Å². The van der Waals surface area contributed by atoms with Gasteiger partial charge in [-0.2, -0.15) is 4.99 Å². The molecule has 1 fully saturated rings. The van der Waals surface area contributed by atoms with Gasteiger partial charge in [-0.3, -0.25) is 0 Å². The Morgan fingerprint density at radius 2 is 2.00 bits per heavy atom. The van der Waals surface area contributed by atoms with Crippen LogP contribution in [0.25, 0.3) is 0 Å². The molecule has 0 spiro atoms. The van der Waals surface area contributed by atoms with E-state index in [-0.39, 0.29) is 11.3 Å². The number of alkyl halides is 2. The molecule has 0 radical (unpaired) electrons. The van der Waals surface area contributed by atoms with E-state index in [1.165, 1.54) is 13.2 Å². The molecule has 5 heteroatoms. The molecule has 1 aliphatic rings. The molecule has 0 aliphatic heterocycles. The molecule has 0 heterocycles. The Morgan fingerprint density at radius 3 is 2.50 bits per heavy atom. The second-order valence-electron chi connectivity index (χ2n) is 5.18.